The van der Waals surface area contributed by atoms with E-state index in [1.807, 2.05) is 0 Å². The lowest BCUT2D eigenvalue weighted by Crippen LogP contribution is -2.28. The Morgan fingerprint density at radius 1 is 1.43 bits per heavy atom. The largest absolute Gasteiger partial charge is 0.378 e. The third-order valence-electron chi connectivity index (χ3n) is 2.81. The molecule has 4 nitrogen and oxygen atoms in total. The second kappa shape index (κ2) is 4.09. The van der Waals surface area contributed by atoms with Crippen molar-refractivity contribution < 1.29 is 14.3 Å². The topological polar surface area (TPSA) is 46.6 Å². The first kappa shape index (κ1) is 9.65. The van der Waals surface area contributed by atoms with E-state index in [1.165, 1.54) is 0 Å². The van der Waals surface area contributed by atoms with E-state index in [1.54, 1.807) is 4.90 Å². The van der Waals surface area contributed by atoms with Gasteiger partial charge in [0.15, 0.2) is 5.78 Å². The van der Waals surface area contributed by atoms with Crippen LogP contribution < -0.4 is 0 Å². The summed E-state index contributed by atoms with van der Waals surface area (Å²) in [5.41, 5.74) is 0. The lowest BCUT2D eigenvalue weighted by atomic mass is 10.2. The number of Topliss-reactive ketones (excluding diaryl/α,β-unsaturated/α-hetero) is 1. The molecule has 0 aromatic rings. The summed E-state index contributed by atoms with van der Waals surface area (Å²) in [5.74, 6) is 0.0235. The van der Waals surface area contributed by atoms with Crippen LogP contribution in [0.3, 0.4) is 0 Å². The van der Waals surface area contributed by atoms with Crippen LogP contribution in [-0.2, 0) is 14.3 Å². The Kier molecular flexibility index (Phi) is 2.82. The number of hydrogen-bond acceptors (Lipinski definition) is 3. The van der Waals surface area contributed by atoms with Crippen LogP contribution in [-0.4, -0.2) is 42.4 Å². The molecule has 2 heterocycles. The second-order valence-corrected chi connectivity index (χ2v) is 3.95. The summed E-state index contributed by atoms with van der Waals surface area (Å²) in [7, 11) is 0. The van der Waals surface area contributed by atoms with Gasteiger partial charge in [0.05, 0.1) is 19.1 Å². The first-order valence-electron chi connectivity index (χ1n) is 5.17. The van der Waals surface area contributed by atoms with Crippen molar-refractivity contribution in [2.75, 3.05) is 19.7 Å². The summed E-state index contributed by atoms with van der Waals surface area (Å²) in [5, 5.41) is 0. The molecule has 2 rings (SSSR count). The molecule has 1 amide bonds. The molecule has 0 aromatic heterocycles. The summed E-state index contributed by atoms with van der Waals surface area (Å²) in [6.07, 6.45) is 3.50. The molecule has 0 bridgehead atoms. The van der Waals surface area contributed by atoms with Crippen molar-refractivity contribution in [1.29, 1.82) is 0 Å². The zero-order valence-corrected chi connectivity index (χ0v) is 8.20. The minimum atomic E-state index is -0.0204. The Hall–Kier alpha value is -0.900. The predicted molar refractivity (Wildman–Crippen MR) is 49.8 cm³/mol. The van der Waals surface area contributed by atoms with Crippen LogP contribution in [0.1, 0.15) is 25.7 Å². The van der Waals surface area contributed by atoms with Crippen LogP contribution in [0.5, 0.6) is 0 Å². The van der Waals surface area contributed by atoms with Crippen molar-refractivity contribution in [3.05, 3.63) is 0 Å². The first-order valence-corrected chi connectivity index (χ1v) is 5.17. The van der Waals surface area contributed by atoms with Crippen LogP contribution in [0.2, 0.25) is 0 Å². The molecule has 0 N–H and O–H groups in total. The lowest BCUT2D eigenvalue weighted by Gasteiger charge is -2.16. The fraction of sp³-hybridized carbons (Fsp3) is 0.800. The monoisotopic (exact) mass is 197 g/mol. The van der Waals surface area contributed by atoms with E-state index < -0.39 is 0 Å². The van der Waals surface area contributed by atoms with Gasteiger partial charge < -0.3 is 9.64 Å². The van der Waals surface area contributed by atoms with E-state index in [-0.39, 0.29) is 18.1 Å². The fourth-order valence-electron chi connectivity index (χ4n) is 2.01. The molecule has 2 fully saturated rings. The first-order chi connectivity index (χ1) is 6.75. The van der Waals surface area contributed by atoms with E-state index >= 15 is 0 Å². The van der Waals surface area contributed by atoms with Crippen LogP contribution in [0.4, 0.5) is 0 Å². The normalized spacial score (nSPS) is 27.7. The van der Waals surface area contributed by atoms with Crippen LogP contribution in [0, 0.1) is 0 Å². The van der Waals surface area contributed by atoms with Gasteiger partial charge in [0.25, 0.3) is 0 Å². The number of rotatable bonds is 3. The third kappa shape index (κ3) is 2.12. The molecule has 14 heavy (non-hydrogen) atoms. The van der Waals surface area contributed by atoms with Crippen molar-refractivity contribution in [2.24, 2.45) is 0 Å². The molecule has 78 valence electrons. The van der Waals surface area contributed by atoms with Crippen LogP contribution >= 0.6 is 0 Å². The molecule has 0 spiro atoms. The molecule has 2 aliphatic rings. The van der Waals surface area contributed by atoms with Gasteiger partial charge >= 0.3 is 0 Å². The van der Waals surface area contributed by atoms with Crippen molar-refractivity contribution in [3.8, 4) is 0 Å². The zero-order chi connectivity index (χ0) is 9.97. The van der Waals surface area contributed by atoms with Gasteiger partial charge in [-0.1, -0.05) is 0 Å². The fourth-order valence-corrected chi connectivity index (χ4v) is 2.01. The van der Waals surface area contributed by atoms with Crippen LogP contribution in [0.15, 0.2) is 0 Å². The van der Waals surface area contributed by atoms with E-state index in [0.29, 0.717) is 19.2 Å². The smallest absolute Gasteiger partial charge is 0.230 e. The minimum absolute atomic E-state index is 0.0204. The van der Waals surface area contributed by atoms with Gasteiger partial charge in [-0.15, -0.1) is 0 Å². The number of carbonyl (C=O) groups is 2. The Morgan fingerprint density at radius 2 is 2.29 bits per heavy atom. The van der Waals surface area contributed by atoms with E-state index in [4.69, 9.17) is 4.74 Å². The number of hydrogen-bond donors (Lipinski definition) is 0. The Morgan fingerprint density at radius 3 is 2.86 bits per heavy atom. The van der Waals surface area contributed by atoms with Gasteiger partial charge in [-0.3, -0.25) is 9.59 Å². The SMILES string of the molecule is O=C1CC(=O)N(CCC2CCCO2)C1. The summed E-state index contributed by atoms with van der Waals surface area (Å²) in [6, 6.07) is 0. The van der Waals surface area contributed by atoms with Gasteiger partial charge in [-0.25, -0.2) is 0 Å². The van der Waals surface area contributed by atoms with Gasteiger partial charge in [-0.05, 0) is 19.3 Å². The van der Waals surface area contributed by atoms with Crippen LogP contribution in [0.25, 0.3) is 0 Å². The lowest BCUT2D eigenvalue weighted by molar-refractivity contribution is -0.128. The highest BCUT2D eigenvalue weighted by Crippen LogP contribution is 2.17. The van der Waals surface area contributed by atoms with Crippen molar-refractivity contribution in [1.82, 2.24) is 4.90 Å². The van der Waals surface area contributed by atoms with Gasteiger partial charge in [0.1, 0.15) is 0 Å². The third-order valence-corrected chi connectivity index (χ3v) is 2.81. The molecule has 2 saturated heterocycles. The molecular formula is C10H15NO3. The van der Waals surface area contributed by atoms with Crippen molar-refractivity contribution >= 4 is 11.7 Å². The summed E-state index contributed by atoms with van der Waals surface area (Å²) < 4.78 is 5.45. The highest BCUT2D eigenvalue weighted by atomic mass is 16.5. The van der Waals surface area contributed by atoms with E-state index in [2.05, 4.69) is 0 Å². The Bertz CT molecular complexity index is 246. The minimum Gasteiger partial charge on any atom is -0.378 e. The molecule has 1 unspecified atom stereocenters. The Labute approximate surface area is 83.2 Å². The van der Waals surface area contributed by atoms with Gasteiger partial charge in [0, 0.05) is 13.2 Å². The maximum atomic E-state index is 11.3. The summed E-state index contributed by atoms with van der Waals surface area (Å²) in [4.78, 5) is 23.9. The standard InChI is InChI=1S/C10H15NO3/c12-8-6-10(13)11(7-8)4-3-9-2-1-5-14-9/h9H,1-7H2. The molecule has 0 radical (unpaired) electrons. The van der Waals surface area contributed by atoms with Crippen molar-refractivity contribution in [2.45, 2.75) is 31.8 Å². The average Bonchev–Trinajstić information content (AvgIpc) is 2.72. The number of carbonyl (C=O) groups excluding carboxylic acids is 2. The summed E-state index contributed by atoms with van der Waals surface area (Å²) >= 11 is 0. The predicted octanol–water partition coefficient (Wildman–Crippen LogP) is 0.357. The number of nitrogens with zero attached hydrogens (tertiary/aromatic N) is 1. The second-order valence-electron chi connectivity index (χ2n) is 3.95. The van der Waals surface area contributed by atoms with Gasteiger partial charge in [0.2, 0.25) is 5.91 Å². The number of ketones is 1. The Balaban J connectivity index is 1.74. The maximum absolute atomic E-state index is 11.3. The molecule has 0 saturated carbocycles. The summed E-state index contributed by atoms with van der Waals surface area (Å²) in [6.45, 7) is 1.83. The molecule has 0 aliphatic carbocycles. The maximum Gasteiger partial charge on any atom is 0.230 e. The van der Waals surface area contributed by atoms with Gasteiger partial charge in [-0.2, -0.15) is 0 Å². The zero-order valence-electron chi connectivity index (χ0n) is 8.20. The molecule has 0 aromatic carbocycles. The quantitative estimate of drug-likeness (QED) is 0.613. The molecular weight excluding hydrogens is 182 g/mol. The molecule has 1 atom stereocenters. The van der Waals surface area contributed by atoms with Crippen molar-refractivity contribution in [3.63, 3.8) is 0 Å². The number of amides is 1. The number of ether oxygens (including phenoxy) is 1. The average molecular weight is 197 g/mol. The molecule has 4 heteroatoms. The number of likely N-dealkylation sites (tertiary alicyclic amines) is 1. The van der Waals surface area contributed by atoms with E-state index in [0.717, 1.165) is 25.9 Å². The highest BCUT2D eigenvalue weighted by molar-refractivity contribution is 6.05. The van der Waals surface area contributed by atoms with E-state index in [9.17, 15) is 9.59 Å². The highest BCUT2D eigenvalue weighted by Gasteiger charge is 2.28. The molecule has 2 aliphatic heterocycles.